The van der Waals surface area contributed by atoms with Crippen molar-refractivity contribution in [1.29, 1.82) is 0 Å². The highest BCUT2D eigenvalue weighted by Gasteiger charge is 2.33. The molecule has 0 aliphatic heterocycles. The zero-order valence-electron chi connectivity index (χ0n) is 10.7. The van der Waals surface area contributed by atoms with E-state index in [4.69, 9.17) is 9.88 Å². The number of hydrogen-bond donors (Lipinski definition) is 1. The summed E-state index contributed by atoms with van der Waals surface area (Å²) in [5, 5.41) is 4.82. The lowest BCUT2D eigenvalue weighted by Gasteiger charge is -2.13. The van der Waals surface area contributed by atoms with Crippen LogP contribution in [0.2, 0.25) is 0 Å². The molecule has 0 spiro atoms. The molecule has 4 nitrogen and oxygen atoms in total. The molecule has 0 bridgehead atoms. The number of para-hydroxylation sites is 1. The van der Waals surface area contributed by atoms with Gasteiger partial charge >= 0.3 is 6.18 Å². The SMILES string of the molecule is NS(=O)(=O)CCCCCOc1ccccc1C(F)(F)F. The number of benzene rings is 1. The molecule has 0 aliphatic rings. The first kappa shape index (κ1) is 16.8. The van der Waals surface area contributed by atoms with Gasteiger partial charge < -0.3 is 4.74 Å². The van der Waals surface area contributed by atoms with Crippen LogP contribution in [0.25, 0.3) is 0 Å². The molecule has 0 atom stereocenters. The highest BCUT2D eigenvalue weighted by Crippen LogP contribution is 2.35. The maximum Gasteiger partial charge on any atom is 0.419 e. The summed E-state index contributed by atoms with van der Waals surface area (Å²) in [5.74, 6) is -0.349. The summed E-state index contributed by atoms with van der Waals surface area (Å²) in [5.41, 5.74) is -0.815. The summed E-state index contributed by atoms with van der Waals surface area (Å²) >= 11 is 0. The van der Waals surface area contributed by atoms with Crippen LogP contribution in [0.4, 0.5) is 13.2 Å². The van der Waals surface area contributed by atoms with Crippen LogP contribution in [0.5, 0.6) is 5.75 Å². The van der Waals surface area contributed by atoms with Crippen LogP contribution in [-0.2, 0) is 16.2 Å². The van der Waals surface area contributed by atoms with Crippen LogP contribution in [0.1, 0.15) is 24.8 Å². The van der Waals surface area contributed by atoms with Gasteiger partial charge in [-0.25, -0.2) is 13.6 Å². The Balaban J connectivity index is 2.40. The van der Waals surface area contributed by atoms with Gasteiger partial charge in [0.1, 0.15) is 5.75 Å². The second kappa shape index (κ2) is 6.94. The van der Waals surface area contributed by atoms with Gasteiger partial charge in [0.05, 0.1) is 17.9 Å². The van der Waals surface area contributed by atoms with E-state index in [2.05, 4.69) is 0 Å². The van der Waals surface area contributed by atoms with E-state index in [0.29, 0.717) is 19.3 Å². The Hall–Kier alpha value is -1.28. The van der Waals surface area contributed by atoms with Crippen molar-refractivity contribution in [3.8, 4) is 5.75 Å². The average Bonchev–Trinajstić information content (AvgIpc) is 2.31. The average molecular weight is 311 g/mol. The van der Waals surface area contributed by atoms with Gasteiger partial charge in [-0.1, -0.05) is 12.1 Å². The van der Waals surface area contributed by atoms with Crippen molar-refractivity contribution in [2.75, 3.05) is 12.4 Å². The number of hydrogen-bond acceptors (Lipinski definition) is 3. The zero-order chi connectivity index (χ0) is 15.2. The van der Waals surface area contributed by atoms with Crippen molar-refractivity contribution < 1.29 is 26.3 Å². The molecule has 1 aromatic carbocycles. The molecule has 20 heavy (non-hydrogen) atoms. The number of unbranched alkanes of at least 4 members (excludes halogenated alkanes) is 2. The molecular weight excluding hydrogens is 295 g/mol. The number of rotatable bonds is 7. The first-order valence-electron chi connectivity index (χ1n) is 5.99. The van der Waals surface area contributed by atoms with Crippen LogP contribution in [0.15, 0.2) is 24.3 Å². The van der Waals surface area contributed by atoms with Crippen LogP contribution < -0.4 is 9.88 Å². The van der Waals surface area contributed by atoms with Gasteiger partial charge in [-0.2, -0.15) is 13.2 Å². The molecule has 0 aromatic heterocycles. The lowest BCUT2D eigenvalue weighted by Crippen LogP contribution is -2.16. The van der Waals surface area contributed by atoms with E-state index in [1.807, 2.05) is 0 Å². The molecule has 0 saturated carbocycles. The van der Waals surface area contributed by atoms with Crippen molar-refractivity contribution in [3.05, 3.63) is 29.8 Å². The van der Waals surface area contributed by atoms with E-state index in [9.17, 15) is 21.6 Å². The fourth-order valence-electron chi connectivity index (χ4n) is 1.59. The minimum absolute atomic E-state index is 0.0950. The Morgan fingerprint density at radius 1 is 1.10 bits per heavy atom. The number of sulfonamides is 1. The summed E-state index contributed by atoms with van der Waals surface area (Å²) in [6, 6.07) is 4.97. The van der Waals surface area contributed by atoms with Gasteiger partial charge in [0.25, 0.3) is 0 Å². The molecule has 0 aliphatic carbocycles. The highest BCUT2D eigenvalue weighted by molar-refractivity contribution is 7.89. The lowest BCUT2D eigenvalue weighted by atomic mass is 10.2. The first-order chi connectivity index (χ1) is 9.20. The van der Waals surface area contributed by atoms with Gasteiger partial charge in [0, 0.05) is 0 Å². The maximum atomic E-state index is 12.6. The Morgan fingerprint density at radius 3 is 2.35 bits per heavy atom. The predicted octanol–water partition coefficient (Wildman–Crippen LogP) is 2.54. The zero-order valence-corrected chi connectivity index (χ0v) is 11.5. The normalized spacial score (nSPS) is 12.4. The van der Waals surface area contributed by atoms with Crippen molar-refractivity contribution in [3.63, 3.8) is 0 Å². The van der Waals surface area contributed by atoms with E-state index in [1.165, 1.54) is 18.2 Å². The molecular formula is C12H16F3NO3S. The summed E-state index contributed by atoms with van der Waals surface area (Å²) in [4.78, 5) is 0. The van der Waals surface area contributed by atoms with Crippen molar-refractivity contribution >= 4 is 10.0 Å². The Morgan fingerprint density at radius 2 is 1.75 bits per heavy atom. The second-order valence-corrected chi connectivity index (χ2v) is 6.00. The smallest absolute Gasteiger partial charge is 0.419 e. The third kappa shape index (κ3) is 6.25. The van der Waals surface area contributed by atoms with E-state index < -0.39 is 21.8 Å². The van der Waals surface area contributed by atoms with Gasteiger partial charge in [0.2, 0.25) is 10.0 Å². The highest BCUT2D eigenvalue weighted by atomic mass is 32.2. The van der Waals surface area contributed by atoms with Crippen molar-refractivity contribution in [2.24, 2.45) is 5.14 Å². The standard InChI is InChI=1S/C12H16F3NO3S/c13-12(14,15)10-6-2-3-7-11(10)19-8-4-1-5-9-20(16,17)18/h2-3,6-7H,1,4-5,8-9H2,(H2,16,17,18). The minimum atomic E-state index is -4.45. The topological polar surface area (TPSA) is 69.4 Å². The lowest BCUT2D eigenvalue weighted by molar-refractivity contribution is -0.138. The minimum Gasteiger partial charge on any atom is -0.493 e. The first-order valence-corrected chi connectivity index (χ1v) is 7.71. The fourth-order valence-corrected chi connectivity index (χ4v) is 2.20. The van der Waals surface area contributed by atoms with Gasteiger partial charge in [-0.05, 0) is 31.4 Å². The number of primary sulfonamides is 1. The van der Waals surface area contributed by atoms with Gasteiger partial charge in [-0.3, -0.25) is 0 Å². The number of nitrogens with two attached hydrogens (primary N) is 1. The van der Waals surface area contributed by atoms with Gasteiger partial charge in [-0.15, -0.1) is 0 Å². The Bertz CT molecular complexity index is 529. The molecule has 0 amide bonds. The summed E-state index contributed by atoms with van der Waals surface area (Å²) in [6.45, 7) is 0.0950. The predicted molar refractivity (Wildman–Crippen MR) is 68.8 cm³/mol. The number of alkyl halides is 3. The summed E-state index contributed by atoms with van der Waals surface area (Å²) in [6.07, 6.45) is -3.11. The molecule has 0 fully saturated rings. The molecule has 1 rings (SSSR count). The molecule has 114 valence electrons. The number of ether oxygens (including phenoxy) is 1. The molecule has 2 N–H and O–H groups in total. The van der Waals surface area contributed by atoms with Crippen LogP contribution in [0.3, 0.4) is 0 Å². The van der Waals surface area contributed by atoms with E-state index in [0.717, 1.165) is 6.07 Å². The van der Waals surface area contributed by atoms with Crippen molar-refractivity contribution in [2.45, 2.75) is 25.4 Å². The third-order valence-corrected chi connectivity index (χ3v) is 3.38. The molecule has 0 unspecified atom stereocenters. The molecule has 0 heterocycles. The van der Waals surface area contributed by atoms with Crippen LogP contribution in [-0.4, -0.2) is 20.8 Å². The maximum absolute atomic E-state index is 12.6. The van der Waals surface area contributed by atoms with E-state index in [-0.39, 0.29) is 18.1 Å². The van der Waals surface area contributed by atoms with Crippen LogP contribution >= 0.6 is 0 Å². The summed E-state index contributed by atoms with van der Waals surface area (Å²) < 4.78 is 64.4. The molecule has 0 radical (unpaired) electrons. The third-order valence-electron chi connectivity index (χ3n) is 2.52. The number of halogens is 3. The monoisotopic (exact) mass is 311 g/mol. The second-order valence-electron chi connectivity index (χ2n) is 4.27. The Labute approximate surface area is 115 Å². The Kier molecular flexibility index (Phi) is 5.82. The quantitative estimate of drug-likeness (QED) is 0.787. The molecule has 1 aromatic rings. The molecule has 0 saturated heterocycles. The fraction of sp³-hybridized carbons (Fsp3) is 0.500. The van der Waals surface area contributed by atoms with Crippen molar-refractivity contribution in [1.82, 2.24) is 0 Å². The van der Waals surface area contributed by atoms with E-state index >= 15 is 0 Å². The van der Waals surface area contributed by atoms with E-state index in [1.54, 1.807) is 0 Å². The van der Waals surface area contributed by atoms with Crippen LogP contribution in [0, 0.1) is 0 Å². The molecule has 8 heteroatoms. The summed E-state index contributed by atoms with van der Waals surface area (Å²) in [7, 11) is -3.48. The largest absolute Gasteiger partial charge is 0.493 e. The van der Waals surface area contributed by atoms with Gasteiger partial charge in [0.15, 0.2) is 0 Å².